The molecule has 0 spiro atoms. The lowest BCUT2D eigenvalue weighted by atomic mass is 10.2. The van der Waals surface area contributed by atoms with Gasteiger partial charge in [-0.25, -0.2) is 4.39 Å². The maximum Gasteiger partial charge on any atom is 0.277 e. The Morgan fingerprint density at radius 1 is 1.19 bits per heavy atom. The first-order valence-electron chi connectivity index (χ1n) is 8.35. The topological polar surface area (TPSA) is 77.2 Å². The predicted octanol–water partition coefficient (Wildman–Crippen LogP) is 4.39. The fourth-order valence-corrected chi connectivity index (χ4v) is 2.90. The van der Waals surface area contributed by atoms with Crippen LogP contribution < -0.4 is 10.1 Å². The van der Waals surface area contributed by atoms with Gasteiger partial charge in [-0.3, -0.25) is 4.79 Å². The van der Waals surface area contributed by atoms with Crippen LogP contribution in [0.5, 0.6) is 5.75 Å². The number of hydrogen-bond acceptors (Lipinski definition) is 6. The summed E-state index contributed by atoms with van der Waals surface area (Å²) in [7, 11) is 0. The third-order valence-electron chi connectivity index (χ3n) is 3.58. The van der Waals surface area contributed by atoms with E-state index in [2.05, 4.69) is 15.5 Å². The van der Waals surface area contributed by atoms with E-state index < -0.39 is 5.25 Å². The number of anilines is 1. The normalized spacial score (nSPS) is 11.8. The van der Waals surface area contributed by atoms with Crippen LogP contribution in [0.2, 0.25) is 0 Å². The second-order valence-electron chi connectivity index (χ2n) is 5.59. The first-order valence-corrected chi connectivity index (χ1v) is 9.23. The molecule has 0 fully saturated rings. The highest BCUT2D eigenvalue weighted by Gasteiger charge is 2.19. The molecule has 140 valence electrons. The van der Waals surface area contributed by atoms with E-state index in [0.717, 1.165) is 23.1 Å². The van der Waals surface area contributed by atoms with E-state index in [9.17, 15) is 9.18 Å². The lowest BCUT2D eigenvalue weighted by Crippen LogP contribution is -2.22. The van der Waals surface area contributed by atoms with Crippen molar-refractivity contribution in [3.8, 4) is 17.2 Å². The molecular formula is C19H18FN3O3S. The Morgan fingerprint density at radius 2 is 1.89 bits per heavy atom. The fraction of sp³-hybridized carbons (Fsp3) is 0.211. The van der Waals surface area contributed by atoms with Gasteiger partial charge in [-0.1, -0.05) is 11.8 Å². The summed E-state index contributed by atoms with van der Waals surface area (Å²) in [5, 5.41) is 10.5. The van der Waals surface area contributed by atoms with Crippen LogP contribution in [-0.4, -0.2) is 28.0 Å². The summed E-state index contributed by atoms with van der Waals surface area (Å²) in [6.07, 6.45) is 0. The molecule has 3 aromatic rings. The molecule has 0 bridgehead atoms. The van der Waals surface area contributed by atoms with Crippen LogP contribution in [0.4, 0.5) is 10.1 Å². The van der Waals surface area contributed by atoms with E-state index in [-0.39, 0.29) is 11.7 Å². The van der Waals surface area contributed by atoms with Crippen LogP contribution in [0.15, 0.2) is 58.2 Å². The van der Waals surface area contributed by atoms with Gasteiger partial charge in [-0.15, -0.1) is 10.2 Å². The zero-order chi connectivity index (χ0) is 19.2. The van der Waals surface area contributed by atoms with Gasteiger partial charge in [0.25, 0.3) is 5.22 Å². The standard InChI is InChI=1S/C19H18FN3O3S/c1-3-25-16-10-4-13(5-11-16)18-22-23-19(26-18)27-12(2)17(24)21-15-8-6-14(20)7-9-15/h4-12H,3H2,1-2H3,(H,21,24)/t12-/m0/s1. The third-order valence-corrected chi connectivity index (χ3v) is 4.51. The van der Waals surface area contributed by atoms with E-state index in [1.807, 2.05) is 31.2 Å². The highest BCUT2D eigenvalue weighted by molar-refractivity contribution is 8.00. The number of halogens is 1. The molecule has 0 aliphatic heterocycles. The number of nitrogens with zero attached hydrogens (tertiary/aromatic N) is 2. The number of thioether (sulfide) groups is 1. The number of ether oxygens (including phenoxy) is 1. The average molecular weight is 387 g/mol. The largest absolute Gasteiger partial charge is 0.494 e. The van der Waals surface area contributed by atoms with E-state index in [4.69, 9.17) is 9.15 Å². The summed E-state index contributed by atoms with van der Waals surface area (Å²) in [5.41, 5.74) is 1.29. The van der Waals surface area contributed by atoms with Gasteiger partial charge < -0.3 is 14.5 Å². The van der Waals surface area contributed by atoms with Crippen LogP contribution in [0, 0.1) is 5.82 Å². The quantitative estimate of drug-likeness (QED) is 0.606. The van der Waals surface area contributed by atoms with Crippen molar-refractivity contribution in [1.82, 2.24) is 10.2 Å². The zero-order valence-electron chi connectivity index (χ0n) is 14.8. The summed E-state index contributed by atoms with van der Waals surface area (Å²) in [5.74, 6) is 0.531. The van der Waals surface area contributed by atoms with Gasteiger partial charge in [-0.2, -0.15) is 0 Å². The molecule has 1 aromatic heterocycles. The van der Waals surface area contributed by atoms with E-state index in [0.29, 0.717) is 23.4 Å². The molecule has 0 saturated carbocycles. The van der Waals surface area contributed by atoms with Gasteiger partial charge in [0.2, 0.25) is 11.8 Å². The van der Waals surface area contributed by atoms with Crippen molar-refractivity contribution in [2.45, 2.75) is 24.3 Å². The number of nitrogens with one attached hydrogen (secondary N) is 1. The molecule has 0 radical (unpaired) electrons. The van der Waals surface area contributed by atoms with E-state index in [1.54, 1.807) is 6.92 Å². The van der Waals surface area contributed by atoms with Gasteiger partial charge in [0.15, 0.2) is 0 Å². The lowest BCUT2D eigenvalue weighted by Gasteiger charge is -2.09. The highest BCUT2D eigenvalue weighted by atomic mass is 32.2. The third kappa shape index (κ3) is 5.07. The van der Waals surface area contributed by atoms with Crippen LogP contribution in [-0.2, 0) is 4.79 Å². The van der Waals surface area contributed by atoms with Crippen molar-refractivity contribution in [2.75, 3.05) is 11.9 Å². The molecule has 1 heterocycles. The molecule has 0 saturated heterocycles. The maximum absolute atomic E-state index is 12.9. The maximum atomic E-state index is 12.9. The van der Waals surface area contributed by atoms with Crippen molar-refractivity contribution in [2.24, 2.45) is 0 Å². The second kappa shape index (κ2) is 8.68. The average Bonchev–Trinajstić information content (AvgIpc) is 3.13. The number of amides is 1. The molecule has 27 heavy (non-hydrogen) atoms. The number of benzene rings is 2. The molecule has 1 N–H and O–H groups in total. The minimum absolute atomic E-state index is 0.243. The Labute approximate surface area is 160 Å². The Bertz CT molecular complexity index is 897. The Kier molecular flexibility index (Phi) is 6.08. The van der Waals surface area contributed by atoms with Gasteiger partial charge in [0.1, 0.15) is 11.6 Å². The minimum Gasteiger partial charge on any atom is -0.494 e. The van der Waals surface area contributed by atoms with Crippen LogP contribution in [0.3, 0.4) is 0 Å². The second-order valence-corrected chi connectivity index (χ2v) is 6.88. The molecular weight excluding hydrogens is 369 g/mol. The van der Waals surface area contributed by atoms with Gasteiger partial charge in [0.05, 0.1) is 11.9 Å². The molecule has 6 nitrogen and oxygen atoms in total. The summed E-state index contributed by atoms with van der Waals surface area (Å²) in [6, 6.07) is 12.9. The van der Waals surface area contributed by atoms with Gasteiger partial charge >= 0.3 is 0 Å². The van der Waals surface area contributed by atoms with Crippen LogP contribution in [0.1, 0.15) is 13.8 Å². The number of aromatic nitrogens is 2. The van der Waals surface area contributed by atoms with Crippen LogP contribution in [0.25, 0.3) is 11.5 Å². The Hall–Kier alpha value is -2.87. The van der Waals surface area contributed by atoms with Crippen molar-refractivity contribution in [3.63, 3.8) is 0 Å². The molecule has 8 heteroatoms. The lowest BCUT2D eigenvalue weighted by molar-refractivity contribution is -0.115. The monoisotopic (exact) mass is 387 g/mol. The number of hydrogen-bond donors (Lipinski definition) is 1. The van der Waals surface area contributed by atoms with E-state index >= 15 is 0 Å². The zero-order valence-corrected chi connectivity index (χ0v) is 15.6. The number of carbonyl (C=O) groups is 1. The first kappa shape index (κ1) is 18.9. The summed E-state index contributed by atoms with van der Waals surface area (Å²) < 4.78 is 23.9. The molecule has 0 aliphatic carbocycles. The Balaban J connectivity index is 1.60. The summed E-state index contributed by atoms with van der Waals surface area (Å²) in [4.78, 5) is 12.2. The molecule has 0 unspecified atom stereocenters. The molecule has 1 amide bonds. The fourth-order valence-electron chi connectivity index (χ4n) is 2.22. The van der Waals surface area contributed by atoms with E-state index in [1.165, 1.54) is 24.3 Å². The minimum atomic E-state index is -0.469. The Morgan fingerprint density at radius 3 is 2.56 bits per heavy atom. The molecule has 3 rings (SSSR count). The van der Waals surface area contributed by atoms with Crippen molar-refractivity contribution in [1.29, 1.82) is 0 Å². The number of rotatable bonds is 7. The van der Waals surface area contributed by atoms with Gasteiger partial charge in [-0.05, 0) is 62.4 Å². The smallest absolute Gasteiger partial charge is 0.277 e. The first-order chi connectivity index (χ1) is 13.0. The number of carbonyl (C=O) groups excluding carboxylic acids is 1. The SMILES string of the molecule is CCOc1ccc(-c2nnc(S[C@@H](C)C(=O)Nc3ccc(F)cc3)o2)cc1. The molecule has 1 atom stereocenters. The van der Waals surface area contributed by atoms with Crippen molar-refractivity contribution >= 4 is 23.4 Å². The van der Waals surface area contributed by atoms with Gasteiger partial charge in [0, 0.05) is 11.3 Å². The summed E-state index contributed by atoms with van der Waals surface area (Å²) in [6.45, 7) is 4.24. The van der Waals surface area contributed by atoms with Crippen molar-refractivity contribution in [3.05, 3.63) is 54.3 Å². The molecule has 2 aromatic carbocycles. The summed E-state index contributed by atoms with van der Waals surface area (Å²) >= 11 is 1.15. The van der Waals surface area contributed by atoms with Crippen LogP contribution >= 0.6 is 11.8 Å². The highest BCUT2D eigenvalue weighted by Crippen LogP contribution is 2.27. The predicted molar refractivity (Wildman–Crippen MR) is 101 cm³/mol. The van der Waals surface area contributed by atoms with Crippen molar-refractivity contribution < 1.29 is 18.3 Å². The molecule has 0 aliphatic rings.